The third-order valence-electron chi connectivity index (χ3n) is 3.48. The highest BCUT2D eigenvalue weighted by Crippen LogP contribution is 2.23. The van der Waals surface area contributed by atoms with Crippen molar-refractivity contribution in [3.05, 3.63) is 45.5 Å². The van der Waals surface area contributed by atoms with Gasteiger partial charge in [-0.15, -0.1) is 11.3 Å². The van der Waals surface area contributed by atoms with Gasteiger partial charge in [0.25, 0.3) is 5.91 Å². The molecule has 1 aliphatic rings. The Bertz CT molecular complexity index is 677. The third kappa shape index (κ3) is 2.78. The van der Waals surface area contributed by atoms with Gasteiger partial charge in [-0.2, -0.15) is 0 Å². The molecule has 2 aromatic rings. The van der Waals surface area contributed by atoms with Gasteiger partial charge < -0.3 is 9.32 Å². The van der Waals surface area contributed by atoms with E-state index in [1.807, 2.05) is 11.4 Å². The molecule has 0 bridgehead atoms. The summed E-state index contributed by atoms with van der Waals surface area (Å²) < 4.78 is 5.06. The average Bonchev–Trinajstić information content (AvgIpc) is 3.11. The minimum atomic E-state index is -0.386. The number of rotatable bonds is 1. The Hall–Kier alpha value is -2.28. The zero-order valence-electron chi connectivity index (χ0n) is 11.5. The summed E-state index contributed by atoms with van der Waals surface area (Å²) in [6.07, 6.45) is 2.30. The molecule has 110 valence electrons. The molecule has 0 atom stereocenters. The molecule has 0 saturated carbocycles. The molecular formula is C14H15N3O3S. The van der Waals surface area contributed by atoms with Crippen molar-refractivity contribution >= 4 is 23.3 Å². The fourth-order valence-corrected chi connectivity index (χ4v) is 3.19. The van der Waals surface area contributed by atoms with Crippen molar-refractivity contribution < 1.29 is 14.0 Å². The lowest BCUT2D eigenvalue weighted by molar-refractivity contribution is 0.0927. The van der Waals surface area contributed by atoms with Crippen LogP contribution in [0.3, 0.4) is 0 Å². The number of hydrogen-bond donors (Lipinski definition) is 2. The fourth-order valence-electron chi connectivity index (χ4n) is 2.30. The molecule has 3 amide bonds. The van der Waals surface area contributed by atoms with E-state index in [4.69, 9.17) is 4.42 Å². The van der Waals surface area contributed by atoms with Crippen LogP contribution in [0.15, 0.2) is 28.2 Å². The van der Waals surface area contributed by atoms with Crippen LogP contribution in [0.25, 0.3) is 0 Å². The Kier molecular flexibility index (Phi) is 3.66. The Morgan fingerprint density at radius 3 is 2.95 bits per heavy atom. The van der Waals surface area contributed by atoms with Gasteiger partial charge in [0.2, 0.25) is 0 Å². The number of thiophene rings is 1. The molecule has 21 heavy (non-hydrogen) atoms. The standard InChI is InChI=1S/C14H15N3O3S/c1-9-11(3-6-20-9)13(18)15-16-14(19)17-5-2-12-10(8-17)4-7-21-12/h3-4,6-7H,2,5,8H2,1H3,(H,15,18)(H,16,19). The Balaban J connectivity index is 1.56. The van der Waals surface area contributed by atoms with Gasteiger partial charge in [0.15, 0.2) is 0 Å². The van der Waals surface area contributed by atoms with Gasteiger partial charge in [0.1, 0.15) is 5.76 Å². The van der Waals surface area contributed by atoms with Crippen LogP contribution in [-0.2, 0) is 13.0 Å². The Morgan fingerprint density at radius 1 is 1.33 bits per heavy atom. The van der Waals surface area contributed by atoms with Crippen molar-refractivity contribution in [3.63, 3.8) is 0 Å². The maximum atomic E-state index is 12.1. The first-order valence-corrected chi connectivity index (χ1v) is 7.47. The molecule has 0 aliphatic carbocycles. The van der Waals surface area contributed by atoms with Gasteiger partial charge in [-0.05, 0) is 36.4 Å². The predicted octanol–water partition coefficient (Wildman–Crippen LogP) is 2.06. The number of carbonyl (C=O) groups excluding carboxylic acids is 2. The van der Waals surface area contributed by atoms with Crippen molar-refractivity contribution in [1.29, 1.82) is 0 Å². The Labute approximate surface area is 125 Å². The first-order valence-electron chi connectivity index (χ1n) is 6.60. The van der Waals surface area contributed by atoms with Crippen LogP contribution in [0.2, 0.25) is 0 Å². The van der Waals surface area contributed by atoms with Crippen molar-refractivity contribution in [2.75, 3.05) is 6.54 Å². The summed E-state index contributed by atoms with van der Waals surface area (Å²) >= 11 is 1.72. The number of amides is 3. The zero-order valence-corrected chi connectivity index (χ0v) is 12.3. The minimum absolute atomic E-state index is 0.304. The molecule has 3 heterocycles. The molecule has 7 heteroatoms. The van der Waals surface area contributed by atoms with Gasteiger partial charge in [0, 0.05) is 18.0 Å². The van der Waals surface area contributed by atoms with Gasteiger partial charge in [-0.3, -0.25) is 10.2 Å². The van der Waals surface area contributed by atoms with Crippen molar-refractivity contribution in [2.45, 2.75) is 19.9 Å². The molecule has 1 aliphatic heterocycles. The molecular weight excluding hydrogens is 290 g/mol. The maximum Gasteiger partial charge on any atom is 0.336 e. The number of furan rings is 1. The monoisotopic (exact) mass is 305 g/mol. The first kappa shape index (κ1) is 13.7. The summed E-state index contributed by atoms with van der Waals surface area (Å²) in [7, 11) is 0. The number of aryl methyl sites for hydroxylation is 1. The van der Waals surface area contributed by atoms with Crippen LogP contribution < -0.4 is 10.9 Å². The number of carbonyl (C=O) groups is 2. The van der Waals surface area contributed by atoms with Crippen molar-refractivity contribution in [3.8, 4) is 0 Å². The number of urea groups is 1. The highest BCUT2D eigenvalue weighted by Gasteiger charge is 2.22. The Morgan fingerprint density at radius 2 is 2.19 bits per heavy atom. The van der Waals surface area contributed by atoms with Crippen LogP contribution in [0.5, 0.6) is 0 Å². The highest BCUT2D eigenvalue weighted by molar-refractivity contribution is 7.10. The van der Waals surface area contributed by atoms with Crippen LogP contribution >= 0.6 is 11.3 Å². The second-order valence-electron chi connectivity index (χ2n) is 4.82. The van der Waals surface area contributed by atoms with E-state index >= 15 is 0 Å². The molecule has 0 saturated heterocycles. The predicted molar refractivity (Wildman–Crippen MR) is 77.9 cm³/mol. The molecule has 2 aromatic heterocycles. The summed E-state index contributed by atoms with van der Waals surface area (Å²) in [5, 5.41) is 2.04. The van der Waals surface area contributed by atoms with E-state index in [9.17, 15) is 9.59 Å². The fraction of sp³-hybridized carbons (Fsp3) is 0.286. The van der Waals surface area contributed by atoms with Gasteiger partial charge in [-0.1, -0.05) is 0 Å². The molecule has 0 fully saturated rings. The second-order valence-corrected chi connectivity index (χ2v) is 5.82. The van der Waals surface area contributed by atoms with Crippen molar-refractivity contribution in [1.82, 2.24) is 15.8 Å². The van der Waals surface area contributed by atoms with Gasteiger partial charge >= 0.3 is 6.03 Å². The number of hydrazine groups is 1. The first-order chi connectivity index (χ1) is 10.1. The molecule has 2 N–H and O–H groups in total. The summed E-state index contributed by atoms with van der Waals surface area (Å²) in [6, 6.07) is 3.30. The molecule has 0 radical (unpaired) electrons. The number of nitrogens with one attached hydrogen (secondary N) is 2. The summed E-state index contributed by atoms with van der Waals surface area (Å²) in [5.74, 6) is 0.130. The normalized spacial score (nSPS) is 13.7. The molecule has 0 aromatic carbocycles. The van der Waals surface area contributed by atoms with E-state index in [-0.39, 0.29) is 11.9 Å². The van der Waals surface area contributed by atoms with E-state index in [1.54, 1.807) is 29.2 Å². The smallest absolute Gasteiger partial charge is 0.336 e. The average molecular weight is 305 g/mol. The minimum Gasteiger partial charge on any atom is -0.469 e. The van der Waals surface area contributed by atoms with Crippen LogP contribution in [0.4, 0.5) is 4.79 Å². The molecule has 3 rings (SSSR count). The lowest BCUT2D eigenvalue weighted by Gasteiger charge is -2.27. The summed E-state index contributed by atoms with van der Waals surface area (Å²) in [5.41, 5.74) is 6.43. The molecule has 0 spiro atoms. The van der Waals surface area contributed by atoms with E-state index in [0.717, 1.165) is 6.42 Å². The van der Waals surface area contributed by atoms with Crippen LogP contribution in [0, 0.1) is 6.92 Å². The quantitative estimate of drug-likeness (QED) is 0.792. The maximum absolute atomic E-state index is 12.1. The van der Waals surface area contributed by atoms with Gasteiger partial charge in [-0.25, -0.2) is 10.2 Å². The molecule has 6 nitrogen and oxygen atoms in total. The van der Waals surface area contributed by atoms with Crippen LogP contribution in [-0.4, -0.2) is 23.4 Å². The third-order valence-corrected chi connectivity index (χ3v) is 4.50. The van der Waals surface area contributed by atoms with E-state index in [2.05, 4.69) is 10.9 Å². The lowest BCUT2D eigenvalue weighted by Crippen LogP contribution is -2.49. The largest absolute Gasteiger partial charge is 0.469 e. The van der Waals surface area contributed by atoms with E-state index in [0.29, 0.717) is 24.4 Å². The SMILES string of the molecule is Cc1occc1C(=O)NNC(=O)N1CCc2sccc2C1. The number of nitrogens with zero attached hydrogens (tertiary/aromatic N) is 1. The number of fused-ring (bicyclic) bond motifs is 1. The topological polar surface area (TPSA) is 74.6 Å². The van der Waals surface area contributed by atoms with Gasteiger partial charge in [0.05, 0.1) is 11.8 Å². The van der Waals surface area contributed by atoms with Crippen LogP contribution in [0.1, 0.15) is 26.6 Å². The number of hydrogen-bond acceptors (Lipinski definition) is 4. The summed E-state index contributed by atoms with van der Waals surface area (Å²) in [6.45, 7) is 2.92. The molecule has 0 unspecified atom stereocenters. The second kappa shape index (κ2) is 5.61. The van der Waals surface area contributed by atoms with E-state index < -0.39 is 0 Å². The highest BCUT2D eigenvalue weighted by atomic mass is 32.1. The lowest BCUT2D eigenvalue weighted by atomic mass is 10.1. The van der Waals surface area contributed by atoms with Crippen molar-refractivity contribution in [2.24, 2.45) is 0 Å². The summed E-state index contributed by atoms with van der Waals surface area (Å²) in [4.78, 5) is 26.9. The van der Waals surface area contributed by atoms with E-state index in [1.165, 1.54) is 16.7 Å². The zero-order chi connectivity index (χ0) is 14.8.